The van der Waals surface area contributed by atoms with Gasteiger partial charge in [-0.25, -0.2) is 4.79 Å². The van der Waals surface area contributed by atoms with Crippen LogP contribution in [-0.4, -0.2) is 33.2 Å². The molecular weight excluding hydrogens is 248 g/mol. The molecular formula is C13H20N2O2S. The van der Waals surface area contributed by atoms with Gasteiger partial charge >= 0.3 is 5.97 Å². The quantitative estimate of drug-likeness (QED) is 0.858. The fraction of sp³-hybridized carbons (Fsp3) is 0.615. The number of carbonyl (C=O) groups is 1. The zero-order valence-corrected chi connectivity index (χ0v) is 11.7. The number of aromatic carboxylic acids is 1. The molecule has 2 rings (SSSR count). The van der Waals surface area contributed by atoms with Crippen molar-refractivity contribution in [3.8, 4) is 0 Å². The molecule has 0 saturated carbocycles. The molecule has 4 nitrogen and oxygen atoms in total. The molecule has 0 spiro atoms. The summed E-state index contributed by atoms with van der Waals surface area (Å²) in [4.78, 5) is 11.0. The summed E-state index contributed by atoms with van der Waals surface area (Å²) in [6.07, 6.45) is 2.62. The fourth-order valence-electron chi connectivity index (χ4n) is 2.32. The smallest absolute Gasteiger partial charge is 0.337 e. The van der Waals surface area contributed by atoms with Crippen LogP contribution in [0.3, 0.4) is 0 Å². The Hall–Kier alpha value is -0.940. The number of nitrogens with zero attached hydrogens (tertiary/aromatic N) is 1. The van der Waals surface area contributed by atoms with Crippen molar-refractivity contribution in [1.82, 2.24) is 9.88 Å². The maximum Gasteiger partial charge on any atom is 0.337 e. The van der Waals surface area contributed by atoms with Crippen molar-refractivity contribution in [3.63, 3.8) is 0 Å². The molecule has 1 atom stereocenters. The number of rotatable bonds is 5. The number of nitrogens with one attached hydrogen (secondary N) is 1. The molecule has 0 radical (unpaired) electrons. The Morgan fingerprint density at radius 1 is 1.67 bits per heavy atom. The van der Waals surface area contributed by atoms with Gasteiger partial charge in [0.2, 0.25) is 0 Å². The standard InChI is InChI=1S/C13H20N2O2S/c1-9-12(13(16)17)6-10(15(9)2)7-14-8-11-4-3-5-18-11/h6,11,14H,3-5,7-8H2,1-2H3,(H,16,17). The van der Waals surface area contributed by atoms with Crippen molar-refractivity contribution < 1.29 is 9.90 Å². The first-order valence-corrected chi connectivity index (χ1v) is 7.35. The van der Waals surface area contributed by atoms with Crippen LogP contribution in [-0.2, 0) is 13.6 Å². The van der Waals surface area contributed by atoms with Crippen molar-refractivity contribution in [2.24, 2.45) is 7.05 Å². The van der Waals surface area contributed by atoms with Gasteiger partial charge in [0, 0.05) is 36.8 Å². The van der Waals surface area contributed by atoms with Gasteiger partial charge in [-0.15, -0.1) is 0 Å². The summed E-state index contributed by atoms with van der Waals surface area (Å²) in [7, 11) is 1.92. The van der Waals surface area contributed by atoms with E-state index in [0.717, 1.165) is 29.7 Å². The maximum atomic E-state index is 11.0. The summed E-state index contributed by atoms with van der Waals surface area (Å²) < 4.78 is 1.96. The second-order valence-corrected chi connectivity index (χ2v) is 6.17. The number of carboxylic acid groups (broad SMARTS) is 1. The molecule has 2 heterocycles. The highest BCUT2D eigenvalue weighted by molar-refractivity contribution is 8.00. The van der Waals surface area contributed by atoms with Gasteiger partial charge in [0.05, 0.1) is 5.56 Å². The Morgan fingerprint density at radius 2 is 2.44 bits per heavy atom. The molecule has 5 heteroatoms. The lowest BCUT2D eigenvalue weighted by Gasteiger charge is -2.10. The molecule has 0 bridgehead atoms. The Bertz CT molecular complexity index is 436. The number of carboxylic acids is 1. The topological polar surface area (TPSA) is 54.3 Å². The lowest BCUT2D eigenvalue weighted by atomic mass is 10.2. The normalized spacial score (nSPS) is 19.3. The summed E-state index contributed by atoms with van der Waals surface area (Å²) in [6, 6.07) is 1.77. The minimum atomic E-state index is -0.847. The van der Waals surface area contributed by atoms with E-state index >= 15 is 0 Å². The third-order valence-electron chi connectivity index (χ3n) is 3.57. The number of aromatic nitrogens is 1. The lowest BCUT2D eigenvalue weighted by Crippen LogP contribution is -2.23. The minimum Gasteiger partial charge on any atom is -0.478 e. The van der Waals surface area contributed by atoms with Crippen molar-refractivity contribution in [2.45, 2.75) is 31.6 Å². The van der Waals surface area contributed by atoms with E-state index in [2.05, 4.69) is 5.32 Å². The van der Waals surface area contributed by atoms with Crippen LogP contribution < -0.4 is 5.32 Å². The third kappa shape index (κ3) is 2.90. The average Bonchev–Trinajstić information content (AvgIpc) is 2.92. The van der Waals surface area contributed by atoms with Crippen LogP contribution in [0.4, 0.5) is 0 Å². The first-order valence-electron chi connectivity index (χ1n) is 6.30. The largest absolute Gasteiger partial charge is 0.478 e. The highest BCUT2D eigenvalue weighted by Crippen LogP contribution is 2.25. The van der Waals surface area contributed by atoms with Crippen LogP contribution in [0.15, 0.2) is 6.07 Å². The second kappa shape index (κ2) is 5.80. The first kappa shape index (κ1) is 13.5. The average molecular weight is 268 g/mol. The molecule has 1 aliphatic rings. The number of hydrogen-bond acceptors (Lipinski definition) is 3. The Labute approximate surface area is 112 Å². The Kier molecular flexibility index (Phi) is 4.35. The lowest BCUT2D eigenvalue weighted by molar-refractivity contribution is 0.0696. The van der Waals surface area contributed by atoms with Crippen molar-refractivity contribution in [2.75, 3.05) is 12.3 Å². The zero-order valence-electron chi connectivity index (χ0n) is 10.9. The molecule has 1 unspecified atom stereocenters. The van der Waals surface area contributed by atoms with Crippen LogP contribution in [0.5, 0.6) is 0 Å². The van der Waals surface area contributed by atoms with E-state index in [1.165, 1.54) is 18.6 Å². The van der Waals surface area contributed by atoms with Crippen LogP contribution in [0.2, 0.25) is 0 Å². The van der Waals surface area contributed by atoms with Gasteiger partial charge in [0.25, 0.3) is 0 Å². The van der Waals surface area contributed by atoms with Crippen LogP contribution in [0.1, 0.15) is 34.6 Å². The zero-order chi connectivity index (χ0) is 13.1. The molecule has 1 saturated heterocycles. The fourth-order valence-corrected chi connectivity index (χ4v) is 3.55. The van der Waals surface area contributed by atoms with Crippen LogP contribution in [0, 0.1) is 6.92 Å². The van der Waals surface area contributed by atoms with Crippen LogP contribution in [0.25, 0.3) is 0 Å². The Balaban J connectivity index is 1.92. The molecule has 1 aliphatic heterocycles. The van der Waals surface area contributed by atoms with E-state index in [-0.39, 0.29) is 0 Å². The maximum absolute atomic E-state index is 11.0. The molecule has 0 amide bonds. The number of hydrogen-bond donors (Lipinski definition) is 2. The number of thioether (sulfide) groups is 1. The highest BCUT2D eigenvalue weighted by atomic mass is 32.2. The molecule has 1 aromatic rings. The van der Waals surface area contributed by atoms with E-state index in [4.69, 9.17) is 5.11 Å². The summed E-state index contributed by atoms with van der Waals surface area (Å²) >= 11 is 2.03. The summed E-state index contributed by atoms with van der Waals surface area (Å²) in [5, 5.41) is 13.2. The van der Waals surface area contributed by atoms with Gasteiger partial charge in [-0.2, -0.15) is 11.8 Å². The SMILES string of the molecule is Cc1c(C(=O)O)cc(CNCC2CCCS2)n1C. The van der Waals surface area contributed by atoms with Gasteiger partial charge in [-0.3, -0.25) is 0 Å². The van der Waals surface area contributed by atoms with Gasteiger partial charge in [0.15, 0.2) is 0 Å². The van der Waals surface area contributed by atoms with Gasteiger partial charge in [0.1, 0.15) is 0 Å². The van der Waals surface area contributed by atoms with Crippen molar-refractivity contribution in [1.29, 1.82) is 0 Å². The molecule has 0 aliphatic carbocycles. The molecule has 18 heavy (non-hydrogen) atoms. The predicted octanol–water partition coefficient (Wildman–Crippen LogP) is 2.02. The first-order chi connectivity index (χ1) is 8.59. The van der Waals surface area contributed by atoms with E-state index in [1.54, 1.807) is 6.07 Å². The minimum absolute atomic E-state index is 0.407. The highest BCUT2D eigenvalue weighted by Gasteiger charge is 2.16. The molecule has 1 fully saturated rings. The monoisotopic (exact) mass is 268 g/mol. The van der Waals surface area contributed by atoms with Crippen LogP contribution >= 0.6 is 11.8 Å². The molecule has 1 aromatic heterocycles. The van der Waals surface area contributed by atoms with Gasteiger partial charge in [-0.1, -0.05) is 0 Å². The predicted molar refractivity (Wildman–Crippen MR) is 74.3 cm³/mol. The molecule has 100 valence electrons. The van der Waals surface area contributed by atoms with E-state index in [0.29, 0.717) is 5.56 Å². The van der Waals surface area contributed by atoms with E-state index < -0.39 is 5.97 Å². The van der Waals surface area contributed by atoms with Gasteiger partial charge in [-0.05, 0) is 31.6 Å². The second-order valence-electron chi connectivity index (χ2n) is 4.76. The Morgan fingerprint density at radius 3 is 3.00 bits per heavy atom. The van der Waals surface area contributed by atoms with E-state index in [1.807, 2.05) is 30.3 Å². The van der Waals surface area contributed by atoms with E-state index in [9.17, 15) is 4.79 Å². The molecule has 2 N–H and O–H groups in total. The van der Waals surface area contributed by atoms with Crippen molar-refractivity contribution >= 4 is 17.7 Å². The van der Waals surface area contributed by atoms with Crippen molar-refractivity contribution in [3.05, 3.63) is 23.0 Å². The van der Waals surface area contributed by atoms with Gasteiger partial charge < -0.3 is 15.0 Å². The summed E-state index contributed by atoms with van der Waals surface area (Å²) in [5.74, 6) is 0.430. The molecule has 0 aromatic carbocycles. The third-order valence-corrected chi connectivity index (χ3v) is 4.97. The summed E-state index contributed by atoms with van der Waals surface area (Å²) in [6.45, 7) is 3.60. The summed E-state index contributed by atoms with van der Waals surface area (Å²) in [5.41, 5.74) is 2.26.